The number of aromatic nitrogens is 2. The molecule has 1 atom stereocenters. The number of aryl methyl sites for hydroxylation is 1. The van der Waals surface area contributed by atoms with E-state index in [-0.39, 0.29) is 17.2 Å². The minimum absolute atomic E-state index is 0.0728. The van der Waals surface area contributed by atoms with Crippen molar-refractivity contribution in [3.05, 3.63) is 46.9 Å². The molecule has 1 N–H and O–H groups in total. The van der Waals surface area contributed by atoms with Crippen molar-refractivity contribution in [2.24, 2.45) is 5.41 Å². The van der Waals surface area contributed by atoms with Gasteiger partial charge in [0.2, 0.25) is 5.91 Å². The second kappa shape index (κ2) is 7.89. The Kier molecular flexibility index (Phi) is 5.80. The zero-order chi connectivity index (χ0) is 22.3. The quantitative estimate of drug-likeness (QED) is 0.729. The standard InChI is InChI=1S/C22H27F3N4O/c1-13-8-16-19(28-20(13)27-18(30)9-21(3,4)5)14(2)11-29(16)12-15-6-7-17(26-10-15)22(23,24)25/h6-8,10,14H,9,11-12H2,1-5H3,(H,27,28,30)/t14-/m1/s1. The minimum Gasteiger partial charge on any atom is -0.365 e. The molecule has 0 bridgehead atoms. The van der Waals surface area contributed by atoms with Crippen LogP contribution in [0, 0.1) is 12.3 Å². The molecule has 1 aliphatic heterocycles. The summed E-state index contributed by atoms with van der Waals surface area (Å²) < 4.78 is 38.2. The van der Waals surface area contributed by atoms with E-state index in [4.69, 9.17) is 4.98 Å². The Hall–Kier alpha value is -2.64. The summed E-state index contributed by atoms with van der Waals surface area (Å²) in [6, 6.07) is 4.45. The maximum atomic E-state index is 12.7. The predicted molar refractivity (Wildman–Crippen MR) is 110 cm³/mol. The van der Waals surface area contributed by atoms with Crippen LogP contribution in [-0.4, -0.2) is 22.4 Å². The van der Waals surface area contributed by atoms with Crippen LogP contribution in [0.15, 0.2) is 24.4 Å². The van der Waals surface area contributed by atoms with Gasteiger partial charge in [0.15, 0.2) is 0 Å². The molecule has 162 valence electrons. The number of nitrogens with zero attached hydrogens (tertiary/aromatic N) is 3. The van der Waals surface area contributed by atoms with Crippen molar-refractivity contribution in [2.45, 2.75) is 59.7 Å². The average molecular weight is 420 g/mol. The summed E-state index contributed by atoms with van der Waals surface area (Å²) in [5.74, 6) is 0.630. The number of halogens is 3. The lowest BCUT2D eigenvalue weighted by atomic mass is 9.92. The molecule has 0 fully saturated rings. The first-order valence-electron chi connectivity index (χ1n) is 9.92. The molecular formula is C22H27F3N4O. The van der Waals surface area contributed by atoms with Crippen LogP contribution in [-0.2, 0) is 17.5 Å². The van der Waals surface area contributed by atoms with Gasteiger partial charge in [-0.15, -0.1) is 0 Å². The van der Waals surface area contributed by atoms with Crippen LogP contribution >= 0.6 is 0 Å². The van der Waals surface area contributed by atoms with Crippen molar-refractivity contribution < 1.29 is 18.0 Å². The van der Waals surface area contributed by atoms with E-state index in [1.54, 1.807) is 0 Å². The van der Waals surface area contributed by atoms with Crippen molar-refractivity contribution in [3.8, 4) is 0 Å². The summed E-state index contributed by atoms with van der Waals surface area (Å²) in [4.78, 5) is 22.7. The number of alkyl halides is 3. The average Bonchev–Trinajstić information content (AvgIpc) is 2.88. The SMILES string of the molecule is Cc1cc2c(nc1NC(=O)CC(C)(C)C)[C@H](C)CN2Cc1ccc(C(F)(F)F)nc1. The third-order valence-corrected chi connectivity index (χ3v) is 4.96. The number of anilines is 2. The summed E-state index contributed by atoms with van der Waals surface area (Å²) in [6.07, 6.45) is -2.77. The Morgan fingerprint density at radius 3 is 2.53 bits per heavy atom. The third-order valence-electron chi connectivity index (χ3n) is 4.96. The number of amides is 1. The molecule has 3 rings (SSSR count). The van der Waals surface area contributed by atoms with Crippen LogP contribution in [0.4, 0.5) is 24.7 Å². The smallest absolute Gasteiger partial charge is 0.365 e. The topological polar surface area (TPSA) is 58.1 Å². The van der Waals surface area contributed by atoms with E-state index >= 15 is 0 Å². The van der Waals surface area contributed by atoms with Crippen LogP contribution in [0.5, 0.6) is 0 Å². The molecule has 0 spiro atoms. The summed E-state index contributed by atoms with van der Waals surface area (Å²) in [5, 5.41) is 2.92. The summed E-state index contributed by atoms with van der Waals surface area (Å²) in [7, 11) is 0. The van der Waals surface area contributed by atoms with Gasteiger partial charge in [-0.3, -0.25) is 9.78 Å². The molecule has 2 aromatic heterocycles. The normalized spacial score (nSPS) is 16.5. The Morgan fingerprint density at radius 1 is 1.27 bits per heavy atom. The number of carbonyl (C=O) groups excluding carboxylic acids is 1. The van der Waals surface area contributed by atoms with Gasteiger partial charge >= 0.3 is 6.18 Å². The van der Waals surface area contributed by atoms with Gasteiger partial charge in [0.25, 0.3) is 0 Å². The fourth-order valence-electron chi connectivity index (χ4n) is 3.58. The van der Waals surface area contributed by atoms with Crippen molar-refractivity contribution >= 4 is 17.4 Å². The van der Waals surface area contributed by atoms with Crippen LogP contribution < -0.4 is 10.2 Å². The maximum absolute atomic E-state index is 12.7. The molecule has 1 amide bonds. The molecule has 0 aromatic carbocycles. The largest absolute Gasteiger partial charge is 0.433 e. The molecule has 0 aliphatic carbocycles. The van der Waals surface area contributed by atoms with E-state index in [1.807, 2.05) is 40.7 Å². The number of nitrogens with one attached hydrogen (secondary N) is 1. The maximum Gasteiger partial charge on any atom is 0.433 e. The number of hydrogen-bond donors (Lipinski definition) is 1. The zero-order valence-electron chi connectivity index (χ0n) is 17.9. The highest BCUT2D eigenvalue weighted by molar-refractivity contribution is 5.91. The van der Waals surface area contributed by atoms with Crippen molar-refractivity contribution in [2.75, 3.05) is 16.8 Å². The lowest BCUT2D eigenvalue weighted by Crippen LogP contribution is -2.22. The van der Waals surface area contributed by atoms with Gasteiger partial charge in [-0.1, -0.05) is 33.8 Å². The Balaban J connectivity index is 1.78. The number of carbonyl (C=O) groups is 1. The monoisotopic (exact) mass is 420 g/mol. The fraction of sp³-hybridized carbons (Fsp3) is 0.500. The number of rotatable bonds is 4. The van der Waals surface area contributed by atoms with E-state index in [1.165, 1.54) is 12.3 Å². The predicted octanol–water partition coefficient (Wildman–Crippen LogP) is 5.30. The van der Waals surface area contributed by atoms with Crippen LogP contribution in [0.3, 0.4) is 0 Å². The lowest BCUT2D eigenvalue weighted by molar-refractivity contribution is -0.141. The molecule has 2 aromatic rings. The molecule has 0 saturated heterocycles. The summed E-state index contributed by atoms with van der Waals surface area (Å²) >= 11 is 0. The third kappa shape index (κ3) is 5.09. The highest BCUT2D eigenvalue weighted by Gasteiger charge is 2.33. The molecule has 8 heteroatoms. The Bertz CT molecular complexity index is 933. The van der Waals surface area contributed by atoms with E-state index in [0.717, 1.165) is 23.0 Å². The second-order valence-corrected chi connectivity index (χ2v) is 9.17. The van der Waals surface area contributed by atoms with E-state index in [9.17, 15) is 18.0 Å². The molecule has 0 saturated carbocycles. The zero-order valence-corrected chi connectivity index (χ0v) is 17.9. The van der Waals surface area contributed by atoms with Gasteiger partial charge in [0.05, 0.1) is 11.4 Å². The van der Waals surface area contributed by atoms with Crippen molar-refractivity contribution in [1.29, 1.82) is 0 Å². The van der Waals surface area contributed by atoms with E-state index < -0.39 is 11.9 Å². The first-order chi connectivity index (χ1) is 13.8. The first kappa shape index (κ1) is 22.1. The van der Waals surface area contributed by atoms with E-state index in [2.05, 4.69) is 15.2 Å². The highest BCUT2D eigenvalue weighted by atomic mass is 19.4. The molecule has 5 nitrogen and oxygen atoms in total. The van der Waals surface area contributed by atoms with E-state index in [0.29, 0.717) is 30.9 Å². The number of fused-ring (bicyclic) bond motifs is 1. The molecular weight excluding hydrogens is 393 g/mol. The molecule has 3 heterocycles. The van der Waals surface area contributed by atoms with Crippen LogP contribution in [0.1, 0.15) is 62.5 Å². The minimum atomic E-state index is -4.44. The number of pyridine rings is 2. The molecule has 1 aliphatic rings. The van der Waals surface area contributed by atoms with Crippen molar-refractivity contribution in [3.63, 3.8) is 0 Å². The van der Waals surface area contributed by atoms with Gasteiger partial charge in [0, 0.05) is 31.6 Å². The Labute approximate surface area is 174 Å². The van der Waals surface area contributed by atoms with Gasteiger partial charge in [0.1, 0.15) is 11.5 Å². The first-order valence-corrected chi connectivity index (χ1v) is 9.92. The van der Waals surface area contributed by atoms with Gasteiger partial charge in [-0.05, 0) is 35.6 Å². The number of hydrogen-bond acceptors (Lipinski definition) is 4. The molecule has 30 heavy (non-hydrogen) atoms. The van der Waals surface area contributed by atoms with Crippen LogP contribution in [0.25, 0.3) is 0 Å². The van der Waals surface area contributed by atoms with Crippen LogP contribution in [0.2, 0.25) is 0 Å². The summed E-state index contributed by atoms with van der Waals surface area (Å²) in [5.41, 5.74) is 2.35. The van der Waals surface area contributed by atoms with Gasteiger partial charge in [-0.2, -0.15) is 13.2 Å². The van der Waals surface area contributed by atoms with Crippen molar-refractivity contribution in [1.82, 2.24) is 9.97 Å². The molecule has 0 radical (unpaired) electrons. The van der Waals surface area contributed by atoms with Gasteiger partial charge in [-0.25, -0.2) is 4.98 Å². The lowest BCUT2D eigenvalue weighted by Gasteiger charge is -2.21. The van der Waals surface area contributed by atoms with Gasteiger partial charge < -0.3 is 10.2 Å². The summed E-state index contributed by atoms with van der Waals surface area (Å²) in [6.45, 7) is 11.1. The molecule has 0 unspecified atom stereocenters. The fourth-order valence-corrected chi connectivity index (χ4v) is 3.58. The second-order valence-electron chi connectivity index (χ2n) is 9.17. The highest BCUT2D eigenvalue weighted by Crippen LogP contribution is 2.38. The Morgan fingerprint density at radius 2 is 1.97 bits per heavy atom.